The highest BCUT2D eigenvalue weighted by atomic mass is 32.1. The SMILES string of the molecule is CO.O=C1CC(CO)OC(c2ccc(F)c(Cc3cc4ccccc4s3)c2)C1. The molecule has 28 heavy (non-hydrogen) atoms. The van der Waals surface area contributed by atoms with Crippen molar-refractivity contribution in [1.29, 1.82) is 0 Å². The summed E-state index contributed by atoms with van der Waals surface area (Å²) in [6.07, 6.45) is 0.115. The molecule has 1 aliphatic rings. The molecule has 1 saturated heterocycles. The van der Waals surface area contributed by atoms with E-state index >= 15 is 0 Å². The number of hydrogen-bond donors (Lipinski definition) is 2. The van der Waals surface area contributed by atoms with Crippen molar-refractivity contribution in [1.82, 2.24) is 0 Å². The lowest BCUT2D eigenvalue weighted by molar-refractivity contribution is -0.139. The average Bonchev–Trinajstić information content (AvgIpc) is 3.13. The number of ether oxygens (including phenoxy) is 1. The fourth-order valence-corrected chi connectivity index (χ4v) is 4.51. The van der Waals surface area contributed by atoms with E-state index in [-0.39, 0.29) is 31.0 Å². The first kappa shape index (κ1) is 20.6. The monoisotopic (exact) mass is 402 g/mol. The Labute approximate surface area is 167 Å². The van der Waals surface area contributed by atoms with Gasteiger partial charge >= 0.3 is 0 Å². The van der Waals surface area contributed by atoms with E-state index in [2.05, 4.69) is 18.2 Å². The molecule has 0 spiro atoms. The summed E-state index contributed by atoms with van der Waals surface area (Å²) in [4.78, 5) is 13.0. The van der Waals surface area contributed by atoms with Crippen LogP contribution in [-0.2, 0) is 16.0 Å². The van der Waals surface area contributed by atoms with Crippen LogP contribution in [0.4, 0.5) is 4.39 Å². The minimum atomic E-state index is -0.475. The number of rotatable bonds is 4. The number of aliphatic hydroxyl groups excluding tert-OH is 2. The van der Waals surface area contributed by atoms with Gasteiger partial charge in [0.15, 0.2) is 0 Å². The molecule has 1 aliphatic heterocycles. The maximum atomic E-state index is 14.4. The van der Waals surface area contributed by atoms with E-state index in [1.54, 1.807) is 23.5 Å². The van der Waals surface area contributed by atoms with E-state index in [0.29, 0.717) is 12.0 Å². The number of carbonyl (C=O) groups is 1. The van der Waals surface area contributed by atoms with E-state index in [0.717, 1.165) is 22.9 Å². The van der Waals surface area contributed by atoms with E-state index in [1.165, 1.54) is 10.8 Å². The number of ketones is 1. The third-order valence-corrected chi connectivity index (χ3v) is 5.83. The molecule has 2 N–H and O–H groups in total. The molecule has 6 heteroatoms. The second-order valence-electron chi connectivity index (χ2n) is 6.65. The van der Waals surface area contributed by atoms with Crippen LogP contribution in [0.5, 0.6) is 0 Å². The first-order valence-electron chi connectivity index (χ1n) is 9.11. The molecule has 2 heterocycles. The summed E-state index contributed by atoms with van der Waals surface area (Å²) in [5, 5.41) is 17.5. The first-order chi connectivity index (χ1) is 13.6. The van der Waals surface area contributed by atoms with Crippen molar-refractivity contribution in [3.05, 3.63) is 70.4 Å². The predicted molar refractivity (Wildman–Crippen MR) is 108 cm³/mol. The van der Waals surface area contributed by atoms with Gasteiger partial charge in [-0.3, -0.25) is 4.79 Å². The van der Waals surface area contributed by atoms with Gasteiger partial charge in [0.25, 0.3) is 0 Å². The molecule has 0 saturated carbocycles. The van der Waals surface area contributed by atoms with Gasteiger partial charge in [-0.1, -0.05) is 24.3 Å². The number of hydrogen-bond acceptors (Lipinski definition) is 5. The van der Waals surface area contributed by atoms with Crippen molar-refractivity contribution >= 4 is 27.2 Å². The maximum Gasteiger partial charge on any atom is 0.138 e. The molecular weight excluding hydrogens is 379 g/mol. The molecule has 2 unspecified atom stereocenters. The van der Waals surface area contributed by atoms with Gasteiger partial charge in [0.1, 0.15) is 11.6 Å². The van der Waals surface area contributed by atoms with E-state index in [9.17, 15) is 14.3 Å². The smallest absolute Gasteiger partial charge is 0.138 e. The molecule has 4 rings (SSSR count). The zero-order valence-corrected chi connectivity index (χ0v) is 16.4. The summed E-state index contributed by atoms with van der Waals surface area (Å²) in [5.41, 5.74) is 1.38. The second-order valence-corrected chi connectivity index (χ2v) is 7.82. The lowest BCUT2D eigenvalue weighted by Crippen LogP contribution is -2.31. The van der Waals surface area contributed by atoms with Gasteiger partial charge in [0.2, 0.25) is 0 Å². The normalized spacial score (nSPS) is 19.4. The van der Waals surface area contributed by atoms with Crippen LogP contribution in [0.25, 0.3) is 10.1 Å². The third-order valence-electron chi connectivity index (χ3n) is 4.71. The van der Waals surface area contributed by atoms with Crippen LogP contribution >= 0.6 is 11.3 Å². The summed E-state index contributed by atoms with van der Waals surface area (Å²) in [6, 6.07) is 15.1. The number of carbonyl (C=O) groups excluding carboxylic acids is 1. The Morgan fingerprint density at radius 2 is 1.93 bits per heavy atom. The molecule has 148 valence electrons. The van der Waals surface area contributed by atoms with Crippen LogP contribution in [0.15, 0.2) is 48.5 Å². The van der Waals surface area contributed by atoms with Crippen molar-refractivity contribution in [2.75, 3.05) is 13.7 Å². The second kappa shape index (κ2) is 9.39. The average molecular weight is 402 g/mol. The molecule has 1 aromatic heterocycles. The van der Waals surface area contributed by atoms with Crippen molar-refractivity contribution in [3.63, 3.8) is 0 Å². The summed E-state index contributed by atoms with van der Waals surface area (Å²) < 4.78 is 21.3. The van der Waals surface area contributed by atoms with Crippen molar-refractivity contribution in [2.45, 2.75) is 31.5 Å². The van der Waals surface area contributed by atoms with E-state index < -0.39 is 12.2 Å². The third kappa shape index (κ3) is 4.64. The number of benzene rings is 2. The highest BCUT2D eigenvalue weighted by Gasteiger charge is 2.29. The predicted octanol–water partition coefficient (Wildman–Crippen LogP) is 4.02. The van der Waals surface area contributed by atoms with Gasteiger partial charge in [-0.05, 0) is 40.8 Å². The molecule has 1 fully saturated rings. The van der Waals surface area contributed by atoms with Crippen LogP contribution in [0.1, 0.15) is 34.9 Å². The minimum absolute atomic E-state index is 0.0654. The Morgan fingerprint density at radius 1 is 1.14 bits per heavy atom. The summed E-state index contributed by atoms with van der Waals surface area (Å²) in [5.74, 6) is -0.192. The minimum Gasteiger partial charge on any atom is -0.400 e. The van der Waals surface area contributed by atoms with Crippen LogP contribution in [0.3, 0.4) is 0 Å². The van der Waals surface area contributed by atoms with Gasteiger partial charge in [-0.25, -0.2) is 4.39 Å². The Hall–Kier alpha value is -2.12. The van der Waals surface area contributed by atoms with Crippen LogP contribution < -0.4 is 0 Å². The fourth-order valence-electron chi connectivity index (χ4n) is 3.42. The lowest BCUT2D eigenvalue weighted by atomic mass is 9.95. The molecule has 0 aliphatic carbocycles. The zero-order valence-electron chi connectivity index (χ0n) is 15.6. The molecule has 3 aromatic rings. The van der Waals surface area contributed by atoms with Crippen LogP contribution in [0.2, 0.25) is 0 Å². The lowest BCUT2D eigenvalue weighted by Gasteiger charge is -2.28. The van der Waals surface area contributed by atoms with Crippen molar-refractivity contribution < 1.29 is 24.1 Å². The van der Waals surface area contributed by atoms with Gasteiger partial charge in [0, 0.05) is 35.9 Å². The highest BCUT2D eigenvalue weighted by Crippen LogP contribution is 2.32. The molecule has 0 amide bonds. The zero-order chi connectivity index (χ0) is 20.1. The quantitative estimate of drug-likeness (QED) is 0.692. The summed E-state index contributed by atoms with van der Waals surface area (Å²) in [6.45, 7) is -0.182. The standard InChI is InChI=1S/C21H19FO3S.CH4O/c22-19-6-5-13(20-11-16(24)10-17(12-23)25-20)7-15(19)9-18-8-14-3-1-2-4-21(14)26-18;1-2/h1-8,17,20,23H,9-12H2;2H,1H3. The molecule has 4 nitrogen and oxygen atoms in total. The number of aliphatic hydroxyl groups is 2. The maximum absolute atomic E-state index is 14.4. The molecule has 2 aromatic carbocycles. The van der Waals surface area contributed by atoms with Crippen molar-refractivity contribution in [2.24, 2.45) is 0 Å². The topological polar surface area (TPSA) is 66.8 Å². The molecular formula is C22H23FO4S. The Morgan fingerprint density at radius 3 is 2.68 bits per heavy atom. The molecule has 2 atom stereocenters. The Kier molecular flexibility index (Phi) is 6.91. The van der Waals surface area contributed by atoms with Gasteiger partial charge < -0.3 is 14.9 Å². The Bertz CT molecular complexity index is 920. The van der Waals surface area contributed by atoms with Crippen molar-refractivity contribution in [3.8, 4) is 0 Å². The fraction of sp³-hybridized carbons (Fsp3) is 0.318. The number of halogens is 1. The van der Waals surface area contributed by atoms with Gasteiger partial charge in [-0.15, -0.1) is 11.3 Å². The first-order valence-corrected chi connectivity index (χ1v) is 9.92. The van der Waals surface area contributed by atoms with Gasteiger partial charge in [0.05, 0.1) is 18.8 Å². The number of fused-ring (bicyclic) bond motifs is 1. The van der Waals surface area contributed by atoms with Crippen LogP contribution in [-0.4, -0.2) is 35.8 Å². The summed E-state index contributed by atoms with van der Waals surface area (Å²) >= 11 is 1.66. The van der Waals surface area contributed by atoms with Crippen LogP contribution in [0, 0.1) is 5.82 Å². The van der Waals surface area contributed by atoms with E-state index in [1.807, 2.05) is 12.1 Å². The summed E-state index contributed by atoms with van der Waals surface area (Å²) in [7, 11) is 1.00. The number of Topliss-reactive ketones (excluding diaryl/α,β-unsaturated/α-hetero) is 1. The largest absolute Gasteiger partial charge is 0.400 e. The molecule has 0 radical (unpaired) electrons. The molecule has 0 bridgehead atoms. The van der Waals surface area contributed by atoms with Gasteiger partial charge in [-0.2, -0.15) is 0 Å². The Balaban J connectivity index is 0.00000109. The van der Waals surface area contributed by atoms with E-state index in [4.69, 9.17) is 9.84 Å². The number of thiophene rings is 1. The highest BCUT2D eigenvalue weighted by molar-refractivity contribution is 7.19.